The molecule has 5 nitrogen and oxygen atoms in total. The Bertz CT molecular complexity index is 153. The van der Waals surface area contributed by atoms with E-state index in [1.807, 2.05) is 0 Å². The van der Waals surface area contributed by atoms with Gasteiger partial charge in [0.15, 0.2) is 0 Å². The van der Waals surface area contributed by atoms with Crippen LogP contribution in [0.1, 0.15) is 6.92 Å². The van der Waals surface area contributed by atoms with Gasteiger partial charge >= 0.3 is 5.97 Å². The second-order valence-electron chi connectivity index (χ2n) is 2.31. The molecule has 0 bridgehead atoms. The van der Waals surface area contributed by atoms with Crippen molar-refractivity contribution < 1.29 is 23.7 Å². The van der Waals surface area contributed by atoms with E-state index in [2.05, 4.69) is 0 Å². The van der Waals surface area contributed by atoms with Crippen molar-refractivity contribution in [2.24, 2.45) is 0 Å². The van der Waals surface area contributed by atoms with Crippen molar-refractivity contribution in [1.82, 2.24) is 0 Å². The first kappa shape index (κ1) is 12.3. The van der Waals surface area contributed by atoms with Gasteiger partial charge in [0, 0.05) is 21.3 Å². The molecule has 0 aromatic rings. The Hall–Kier alpha value is -0.650. The molecule has 0 aliphatic carbocycles. The zero-order chi connectivity index (χ0) is 10.3. The summed E-state index contributed by atoms with van der Waals surface area (Å²) >= 11 is 0. The monoisotopic (exact) mass is 192 g/mol. The van der Waals surface area contributed by atoms with Gasteiger partial charge in [-0.15, -0.1) is 0 Å². The summed E-state index contributed by atoms with van der Waals surface area (Å²) < 4.78 is 19.4. The van der Waals surface area contributed by atoms with E-state index in [4.69, 9.17) is 18.9 Å². The lowest BCUT2D eigenvalue weighted by Crippen LogP contribution is -2.48. The highest BCUT2D eigenvalue weighted by molar-refractivity contribution is 5.78. The summed E-state index contributed by atoms with van der Waals surface area (Å²) in [5.41, 5.74) is 0. The van der Waals surface area contributed by atoms with Crippen LogP contribution in [0, 0.1) is 0 Å². The SMILES string of the molecule is CCOC(=O)C(COC)(OC)OC. The van der Waals surface area contributed by atoms with Gasteiger partial charge in [-0.1, -0.05) is 0 Å². The van der Waals surface area contributed by atoms with Crippen LogP contribution in [0.5, 0.6) is 0 Å². The molecule has 0 radical (unpaired) electrons. The zero-order valence-electron chi connectivity index (χ0n) is 8.46. The van der Waals surface area contributed by atoms with Gasteiger partial charge in [0.25, 0.3) is 5.79 Å². The first-order valence-electron chi connectivity index (χ1n) is 3.93. The largest absolute Gasteiger partial charge is 0.462 e. The molecule has 5 heteroatoms. The first-order chi connectivity index (χ1) is 6.16. The third-order valence-electron chi connectivity index (χ3n) is 1.58. The first-order valence-corrected chi connectivity index (χ1v) is 3.93. The van der Waals surface area contributed by atoms with Crippen molar-refractivity contribution in [3.8, 4) is 0 Å². The molecule has 0 spiro atoms. The molecule has 0 atom stereocenters. The highest BCUT2D eigenvalue weighted by atomic mass is 16.7. The Kier molecular flexibility index (Phi) is 5.61. The van der Waals surface area contributed by atoms with Crippen LogP contribution >= 0.6 is 0 Å². The summed E-state index contributed by atoms with van der Waals surface area (Å²) in [7, 11) is 4.17. The Morgan fingerprint density at radius 1 is 1.23 bits per heavy atom. The molecule has 0 heterocycles. The molecule has 0 saturated heterocycles. The van der Waals surface area contributed by atoms with Crippen LogP contribution in [0.2, 0.25) is 0 Å². The fourth-order valence-electron chi connectivity index (χ4n) is 0.858. The van der Waals surface area contributed by atoms with Crippen molar-refractivity contribution in [1.29, 1.82) is 0 Å². The van der Waals surface area contributed by atoms with E-state index in [0.29, 0.717) is 0 Å². The molecule has 0 fully saturated rings. The topological polar surface area (TPSA) is 54.0 Å². The molecule has 0 aromatic heterocycles. The van der Waals surface area contributed by atoms with Gasteiger partial charge in [-0.3, -0.25) is 0 Å². The third kappa shape index (κ3) is 2.95. The van der Waals surface area contributed by atoms with Crippen molar-refractivity contribution in [2.45, 2.75) is 12.7 Å². The van der Waals surface area contributed by atoms with Crippen LogP contribution < -0.4 is 0 Å². The second-order valence-corrected chi connectivity index (χ2v) is 2.31. The van der Waals surface area contributed by atoms with E-state index in [9.17, 15) is 4.79 Å². The number of esters is 1. The molecular weight excluding hydrogens is 176 g/mol. The molecule has 0 aliphatic heterocycles. The van der Waals surface area contributed by atoms with Crippen molar-refractivity contribution in [2.75, 3.05) is 34.5 Å². The molecule has 13 heavy (non-hydrogen) atoms. The molecule has 78 valence electrons. The van der Waals surface area contributed by atoms with E-state index in [1.54, 1.807) is 6.92 Å². The van der Waals surface area contributed by atoms with Crippen LogP contribution in [-0.2, 0) is 23.7 Å². The van der Waals surface area contributed by atoms with Gasteiger partial charge in [-0.2, -0.15) is 0 Å². The van der Waals surface area contributed by atoms with Crippen molar-refractivity contribution in [3.63, 3.8) is 0 Å². The van der Waals surface area contributed by atoms with Gasteiger partial charge in [0.05, 0.1) is 6.61 Å². The summed E-state index contributed by atoms with van der Waals surface area (Å²) in [5, 5.41) is 0. The van der Waals surface area contributed by atoms with E-state index >= 15 is 0 Å². The quantitative estimate of drug-likeness (QED) is 0.444. The maximum absolute atomic E-state index is 11.4. The number of rotatable bonds is 6. The van der Waals surface area contributed by atoms with E-state index in [-0.39, 0.29) is 13.2 Å². The van der Waals surface area contributed by atoms with Crippen LogP contribution in [0.25, 0.3) is 0 Å². The smallest absolute Gasteiger partial charge is 0.369 e. The Morgan fingerprint density at radius 3 is 2.08 bits per heavy atom. The minimum absolute atomic E-state index is 0.00116. The molecule has 0 N–H and O–H groups in total. The van der Waals surface area contributed by atoms with Crippen LogP contribution in [0.4, 0.5) is 0 Å². The predicted octanol–water partition coefficient (Wildman–Crippen LogP) is 0.185. The summed E-state index contributed by atoms with van der Waals surface area (Å²) in [4.78, 5) is 11.4. The molecule has 0 unspecified atom stereocenters. The van der Waals surface area contributed by atoms with Crippen LogP contribution in [0.15, 0.2) is 0 Å². The normalized spacial score (nSPS) is 11.4. The van der Waals surface area contributed by atoms with Crippen molar-refractivity contribution in [3.05, 3.63) is 0 Å². The zero-order valence-corrected chi connectivity index (χ0v) is 8.46. The fraction of sp³-hybridized carbons (Fsp3) is 0.875. The number of carbonyl (C=O) groups excluding carboxylic acids is 1. The van der Waals surface area contributed by atoms with Crippen LogP contribution in [-0.4, -0.2) is 46.3 Å². The van der Waals surface area contributed by atoms with Gasteiger partial charge in [0.2, 0.25) is 0 Å². The standard InChI is InChI=1S/C8H16O5/c1-5-13-7(9)8(11-3,12-4)6-10-2/h5-6H2,1-4H3. The summed E-state index contributed by atoms with van der Waals surface area (Å²) in [6, 6.07) is 0. The third-order valence-corrected chi connectivity index (χ3v) is 1.58. The molecule has 0 amide bonds. The van der Waals surface area contributed by atoms with Gasteiger partial charge < -0.3 is 18.9 Å². The molecule has 0 saturated carbocycles. The van der Waals surface area contributed by atoms with E-state index in [1.165, 1.54) is 21.3 Å². The number of hydrogen-bond donors (Lipinski definition) is 0. The average molecular weight is 192 g/mol. The number of methoxy groups -OCH3 is 3. The number of carbonyl (C=O) groups is 1. The van der Waals surface area contributed by atoms with Crippen LogP contribution in [0.3, 0.4) is 0 Å². The fourth-order valence-corrected chi connectivity index (χ4v) is 0.858. The lowest BCUT2D eigenvalue weighted by atomic mass is 10.3. The van der Waals surface area contributed by atoms with Crippen molar-refractivity contribution >= 4 is 5.97 Å². The Labute approximate surface area is 77.9 Å². The molecular formula is C8H16O5. The second kappa shape index (κ2) is 5.90. The lowest BCUT2D eigenvalue weighted by molar-refractivity contribution is -0.244. The highest BCUT2D eigenvalue weighted by Crippen LogP contribution is 2.13. The lowest BCUT2D eigenvalue weighted by Gasteiger charge is -2.26. The van der Waals surface area contributed by atoms with E-state index < -0.39 is 11.8 Å². The van der Waals surface area contributed by atoms with Gasteiger partial charge in [-0.25, -0.2) is 4.79 Å². The maximum Gasteiger partial charge on any atom is 0.369 e. The van der Waals surface area contributed by atoms with Gasteiger partial charge in [0.1, 0.15) is 6.61 Å². The molecule has 0 rings (SSSR count). The minimum atomic E-state index is -1.44. The molecule has 0 aromatic carbocycles. The van der Waals surface area contributed by atoms with E-state index in [0.717, 1.165) is 0 Å². The minimum Gasteiger partial charge on any atom is -0.462 e. The maximum atomic E-state index is 11.4. The summed E-state index contributed by atoms with van der Waals surface area (Å²) in [5.74, 6) is -2.02. The summed E-state index contributed by atoms with van der Waals surface area (Å²) in [6.45, 7) is 1.98. The number of hydrogen-bond acceptors (Lipinski definition) is 5. The molecule has 0 aliphatic rings. The predicted molar refractivity (Wildman–Crippen MR) is 45.3 cm³/mol. The Balaban J connectivity index is 4.43. The van der Waals surface area contributed by atoms with Gasteiger partial charge in [-0.05, 0) is 6.92 Å². The average Bonchev–Trinajstić information content (AvgIpc) is 2.14. The highest BCUT2D eigenvalue weighted by Gasteiger charge is 2.40. The summed E-state index contributed by atoms with van der Waals surface area (Å²) in [6.07, 6.45) is 0. The Morgan fingerprint density at radius 2 is 1.77 bits per heavy atom. The number of ether oxygens (including phenoxy) is 4.